The first-order chi connectivity index (χ1) is 11.4. The lowest BCUT2D eigenvalue weighted by atomic mass is 10.1. The van der Waals surface area contributed by atoms with Crippen molar-refractivity contribution >= 4 is 40.9 Å². The molecule has 0 aliphatic carbocycles. The smallest absolute Gasteiger partial charge is 0.356 e. The van der Waals surface area contributed by atoms with Gasteiger partial charge in [-0.1, -0.05) is 11.6 Å². The van der Waals surface area contributed by atoms with Crippen molar-refractivity contribution in [3.8, 4) is 0 Å². The highest BCUT2D eigenvalue weighted by Crippen LogP contribution is 2.40. The third kappa shape index (κ3) is 2.85. The molecule has 2 N–H and O–H groups in total. The molecule has 2 heterocycles. The number of carbonyl (C=O) groups is 2. The number of benzene rings is 1. The summed E-state index contributed by atoms with van der Waals surface area (Å²) in [6, 6.07) is 4.98. The van der Waals surface area contributed by atoms with Crippen LogP contribution in [0.5, 0.6) is 0 Å². The van der Waals surface area contributed by atoms with Gasteiger partial charge in [-0.25, -0.2) is 4.79 Å². The highest BCUT2D eigenvalue weighted by molar-refractivity contribution is 8.00. The number of ether oxygens (including phenoxy) is 1. The van der Waals surface area contributed by atoms with Crippen molar-refractivity contribution in [3.63, 3.8) is 0 Å². The maximum Gasteiger partial charge on any atom is 0.356 e. The number of nitro groups is 1. The second kappa shape index (κ2) is 6.42. The van der Waals surface area contributed by atoms with Gasteiger partial charge in [0.15, 0.2) is 0 Å². The molecule has 0 spiro atoms. The Hall–Kier alpha value is -2.10. The van der Waals surface area contributed by atoms with Crippen LogP contribution in [0, 0.1) is 10.1 Å². The molecular formula is C14H12ClN3O5S. The van der Waals surface area contributed by atoms with E-state index in [1.165, 1.54) is 40.9 Å². The molecule has 3 rings (SSSR count). The summed E-state index contributed by atoms with van der Waals surface area (Å²) in [5.74, 6) is -0.706. The molecule has 2 aliphatic heterocycles. The van der Waals surface area contributed by atoms with E-state index in [9.17, 15) is 19.7 Å². The van der Waals surface area contributed by atoms with Crippen LogP contribution in [0.2, 0.25) is 0 Å². The Morgan fingerprint density at radius 1 is 1.46 bits per heavy atom. The van der Waals surface area contributed by atoms with E-state index in [2.05, 4.69) is 0 Å². The molecule has 1 amide bonds. The van der Waals surface area contributed by atoms with Gasteiger partial charge in [-0.05, 0) is 17.7 Å². The standard InChI is InChI=1S/C14H12ClN3O5S/c15-9-6-24-13-10(16)12(19)17(13)11(9)14(20)23-5-7-1-3-8(4-2-7)18(21)22/h1-4,10,13H,5-6,16H2/t10-,13-/m1/s1. The maximum atomic E-state index is 12.3. The van der Waals surface area contributed by atoms with Crippen LogP contribution in [0.1, 0.15) is 5.56 Å². The quantitative estimate of drug-likeness (QED) is 0.368. The van der Waals surface area contributed by atoms with Gasteiger partial charge in [0.05, 0.1) is 9.96 Å². The van der Waals surface area contributed by atoms with Crippen LogP contribution in [0.25, 0.3) is 0 Å². The Balaban J connectivity index is 1.68. The van der Waals surface area contributed by atoms with Gasteiger partial charge >= 0.3 is 5.97 Å². The third-order valence-electron chi connectivity index (χ3n) is 3.67. The lowest BCUT2D eigenvalue weighted by Crippen LogP contribution is -2.68. The van der Waals surface area contributed by atoms with E-state index in [1.807, 2.05) is 0 Å². The zero-order chi connectivity index (χ0) is 17.4. The Labute approximate surface area is 145 Å². The van der Waals surface area contributed by atoms with Crippen LogP contribution in [-0.4, -0.2) is 38.9 Å². The second-order valence-electron chi connectivity index (χ2n) is 5.19. The molecule has 1 saturated heterocycles. The van der Waals surface area contributed by atoms with Crippen molar-refractivity contribution < 1.29 is 19.2 Å². The Bertz CT molecular complexity index is 751. The average molecular weight is 370 g/mol. The number of β-lactam (4-membered cyclic amide) rings is 1. The minimum atomic E-state index is -0.719. The number of nitro benzene ring substituents is 1. The van der Waals surface area contributed by atoms with Crippen molar-refractivity contribution in [3.05, 3.63) is 50.7 Å². The molecule has 0 bridgehead atoms. The summed E-state index contributed by atoms with van der Waals surface area (Å²) in [5.41, 5.74) is 6.26. The van der Waals surface area contributed by atoms with Crippen molar-refractivity contribution in [2.45, 2.75) is 18.0 Å². The molecule has 0 aromatic heterocycles. The van der Waals surface area contributed by atoms with Crippen LogP contribution in [0.15, 0.2) is 35.0 Å². The first-order valence-corrected chi connectivity index (χ1v) is 8.32. The van der Waals surface area contributed by atoms with Gasteiger partial charge in [0.2, 0.25) is 5.91 Å². The van der Waals surface area contributed by atoms with E-state index in [0.717, 1.165) is 0 Å². The van der Waals surface area contributed by atoms with Crippen LogP contribution in [0.3, 0.4) is 0 Å². The van der Waals surface area contributed by atoms with Crippen LogP contribution < -0.4 is 5.73 Å². The van der Waals surface area contributed by atoms with E-state index in [0.29, 0.717) is 11.3 Å². The molecule has 0 saturated carbocycles. The molecule has 1 aromatic carbocycles. The van der Waals surface area contributed by atoms with Crippen LogP contribution >= 0.6 is 23.4 Å². The van der Waals surface area contributed by atoms with Gasteiger partial charge in [-0.2, -0.15) is 0 Å². The number of hydrogen-bond acceptors (Lipinski definition) is 7. The SMILES string of the molecule is N[C@@H]1C(=O)N2C(C(=O)OCc3ccc([N+](=O)[O-])cc3)=C(Cl)CS[C@H]12. The number of amides is 1. The molecule has 0 unspecified atom stereocenters. The Morgan fingerprint density at radius 2 is 2.12 bits per heavy atom. The number of nitrogens with two attached hydrogens (primary N) is 1. The number of carbonyl (C=O) groups excluding carboxylic acids is 2. The van der Waals surface area contributed by atoms with Gasteiger partial charge in [0, 0.05) is 17.9 Å². The second-order valence-corrected chi connectivity index (χ2v) is 6.75. The molecule has 2 atom stereocenters. The lowest BCUT2D eigenvalue weighted by Gasteiger charge is -2.47. The van der Waals surface area contributed by atoms with E-state index < -0.39 is 16.9 Å². The normalized spacial score (nSPS) is 22.8. The molecule has 24 heavy (non-hydrogen) atoms. The summed E-state index contributed by atoms with van der Waals surface area (Å²) in [6.45, 7) is -0.0869. The zero-order valence-corrected chi connectivity index (χ0v) is 13.7. The Kier molecular flexibility index (Phi) is 4.48. The number of nitrogens with zero attached hydrogens (tertiary/aromatic N) is 2. The predicted octanol–water partition coefficient (Wildman–Crippen LogP) is 1.33. The fourth-order valence-electron chi connectivity index (χ4n) is 2.40. The van der Waals surface area contributed by atoms with Gasteiger partial charge in [0.25, 0.3) is 5.69 Å². The van der Waals surface area contributed by atoms with E-state index >= 15 is 0 Å². The largest absolute Gasteiger partial charge is 0.456 e. The van der Waals surface area contributed by atoms with Crippen LogP contribution in [0.4, 0.5) is 5.69 Å². The number of thioether (sulfide) groups is 1. The fraction of sp³-hybridized carbons (Fsp3) is 0.286. The monoisotopic (exact) mass is 369 g/mol. The van der Waals surface area contributed by atoms with E-state index in [1.54, 1.807) is 0 Å². The summed E-state index contributed by atoms with van der Waals surface area (Å²) in [7, 11) is 0. The summed E-state index contributed by atoms with van der Waals surface area (Å²) in [5, 5.41) is 10.5. The fourth-order valence-corrected chi connectivity index (χ4v) is 3.89. The number of hydrogen-bond donors (Lipinski definition) is 1. The lowest BCUT2D eigenvalue weighted by molar-refractivity contribution is -0.384. The highest BCUT2D eigenvalue weighted by atomic mass is 35.5. The molecular weight excluding hydrogens is 358 g/mol. The van der Waals surface area contributed by atoms with E-state index in [4.69, 9.17) is 22.1 Å². The topological polar surface area (TPSA) is 116 Å². The minimum absolute atomic E-state index is 0.0222. The molecule has 126 valence electrons. The summed E-state index contributed by atoms with van der Waals surface area (Å²) in [6.07, 6.45) is 0. The molecule has 1 aromatic rings. The molecule has 2 aliphatic rings. The minimum Gasteiger partial charge on any atom is -0.456 e. The van der Waals surface area contributed by atoms with Gasteiger partial charge in [-0.15, -0.1) is 11.8 Å². The Morgan fingerprint density at radius 3 is 2.75 bits per heavy atom. The summed E-state index contributed by atoms with van der Waals surface area (Å²) in [4.78, 5) is 35.5. The van der Waals surface area contributed by atoms with Crippen molar-refractivity contribution in [1.82, 2.24) is 4.90 Å². The summed E-state index contributed by atoms with van der Waals surface area (Å²) < 4.78 is 5.18. The predicted molar refractivity (Wildman–Crippen MR) is 86.8 cm³/mol. The molecule has 0 radical (unpaired) electrons. The molecule has 8 nitrogen and oxygen atoms in total. The van der Waals surface area contributed by atoms with Gasteiger partial charge in [-0.3, -0.25) is 19.8 Å². The summed E-state index contributed by atoms with van der Waals surface area (Å²) >= 11 is 7.46. The first-order valence-electron chi connectivity index (χ1n) is 6.89. The maximum absolute atomic E-state index is 12.3. The van der Waals surface area contributed by atoms with Crippen molar-refractivity contribution in [2.24, 2.45) is 5.73 Å². The number of esters is 1. The highest BCUT2D eigenvalue weighted by Gasteiger charge is 2.52. The van der Waals surface area contributed by atoms with Gasteiger partial charge < -0.3 is 10.5 Å². The molecule has 10 heteroatoms. The van der Waals surface area contributed by atoms with Crippen LogP contribution in [-0.2, 0) is 20.9 Å². The third-order valence-corrected chi connectivity index (χ3v) is 5.45. The first kappa shape index (κ1) is 16.7. The number of fused-ring (bicyclic) bond motifs is 1. The van der Waals surface area contributed by atoms with Crippen molar-refractivity contribution in [2.75, 3.05) is 5.75 Å². The van der Waals surface area contributed by atoms with Gasteiger partial charge in [0.1, 0.15) is 23.7 Å². The zero-order valence-electron chi connectivity index (χ0n) is 12.2. The molecule has 1 fully saturated rings. The number of halogens is 1. The number of rotatable bonds is 4. The average Bonchev–Trinajstić information content (AvgIpc) is 2.59. The van der Waals surface area contributed by atoms with Crippen molar-refractivity contribution in [1.29, 1.82) is 0 Å². The number of non-ortho nitro benzene ring substituents is 1. The van der Waals surface area contributed by atoms with E-state index in [-0.39, 0.29) is 34.3 Å².